The number of fused-ring (bicyclic) bond motifs is 1. The summed E-state index contributed by atoms with van der Waals surface area (Å²) in [6.45, 7) is 4.72. The van der Waals surface area contributed by atoms with Gasteiger partial charge in [-0.2, -0.15) is 0 Å². The molecule has 2 aliphatic heterocycles. The number of rotatable bonds is 6. The number of benzene rings is 2. The van der Waals surface area contributed by atoms with E-state index in [-0.39, 0.29) is 12.2 Å². The highest BCUT2D eigenvalue weighted by Crippen LogP contribution is 2.35. The molecule has 0 saturated carbocycles. The number of furan rings is 1. The number of carbonyl (C=O) groups is 1. The Morgan fingerprint density at radius 3 is 2.58 bits per heavy atom. The summed E-state index contributed by atoms with van der Waals surface area (Å²) >= 11 is 7.44. The highest BCUT2D eigenvalue weighted by atomic mass is 35.5. The van der Waals surface area contributed by atoms with Crippen LogP contribution in [0, 0.1) is 0 Å². The van der Waals surface area contributed by atoms with E-state index in [1.165, 1.54) is 11.3 Å². The van der Waals surface area contributed by atoms with Gasteiger partial charge in [0.15, 0.2) is 10.7 Å². The number of esters is 1. The standard InChI is InChI=1S/C30H26ClN3O5S/c1-2-38-29(36)25-26(19-6-4-3-5-7-19)32-30-34(27(25)20-8-10-21(31)11-9-20)28(35)23(40-30)18-22-12-13-24(39-22)33-14-16-37-17-15-33/h3-13,18,27H,2,14-17H2,1H3/b23-18+/t27-/m0/s1. The third kappa shape index (κ3) is 5.03. The van der Waals surface area contributed by atoms with Gasteiger partial charge in [-0.25, -0.2) is 9.79 Å². The maximum absolute atomic E-state index is 14.0. The summed E-state index contributed by atoms with van der Waals surface area (Å²) in [6, 6.07) is 19.6. The van der Waals surface area contributed by atoms with Crippen molar-refractivity contribution in [3.63, 3.8) is 0 Å². The number of thiazole rings is 1. The molecule has 40 heavy (non-hydrogen) atoms. The highest BCUT2D eigenvalue weighted by molar-refractivity contribution is 7.07. The average Bonchev–Trinajstić information content (AvgIpc) is 3.58. The molecule has 0 radical (unpaired) electrons. The van der Waals surface area contributed by atoms with Gasteiger partial charge in [-0.15, -0.1) is 0 Å². The number of hydrogen-bond acceptors (Lipinski definition) is 8. The number of aromatic nitrogens is 1. The van der Waals surface area contributed by atoms with Crippen molar-refractivity contribution in [2.75, 3.05) is 37.8 Å². The third-order valence-electron chi connectivity index (χ3n) is 6.77. The van der Waals surface area contributed by atoms with Crippen molar-refractivity contribution in [3.8, 4) is 0 Å². The molecule has 0 aliphatic carbocycles. The molecular weight excluding hydrogens is 550 g/mol. The van der Waals surface area contributed by atoms with Gasteiger partial charge < -0.3 is 18.8 Å². The van der Waals surface area contributed by atoms with Crippen molar-refractivity contribution in [2.24, 2.45) is 4.99 Å². The average molecular weight is 576 g/mol. The molecule has 0 amide bonds. The van der Waals surface area contributed by atoms with Crippen LogP contribution >= 0.6 is 22.9 Å². The Bertz CT molecular complexity index is 1750. The summed E-state index contributed by atoms with van der Waals surface area (Å²) in [5.41, 5.74) is 1.96. The lowest BCUT2D eigenvalue weighted by molar-refractivity contribution is -0.138. The van der Waals surface area contributed by atoms with Crippen LogP contribution in [0.15, 0.2) is 86.5 Å². The van der Waals surface area contributed by atoms with Crippen molar-refractivity contribution >= 4 is 46.6 Å². The van der Waals surface area contributed by atoms with Crippen LogP contribution in [0.3, 0.4) is 0 Å². The van der Waals surface area contributed by atoms with E-state index in [0.29, 0.717) is 44.6 Å². The van der Waals surface area contributed by atoms with E-state index in [2.05, 4.69) is 4.90 Å². The molecule has 2 aliphatic rings. The normalized spacial score (nSPS) is 17.5. The fourth-order valence-corrected chi connectivity index (χ4v) is 6.01. The first kappa shape index (κ1) is 26.3. The molecule has 0 spiro atoms. The van der Waals surface area contributed by atoms with Crippen LogP contribution in [-0.4, -0.2) is 43.4 Å². The topological polar surface area (TPSA) is 86.3 Å². The fourth-order valence-electron chi connectivity index (χ4n) is 4.90. The van der Waals surface area contributed by atoms with E-state index in [1.807, 2.05) is 54.6 Å². The molecule has 2 aromatic carbocycles. The molecule has 0 N–H and O–H groups in total. The summed E-state index contributed by atoms with van der Waals surface area (Å²) in [6.07, 6.45) is 1.73. The Hall–Kier alpha value is -3.92. The largest absolute Gasteiger partial charge is 0.463 e. The van der Waals surface area contributed by atoms with Crippen molar-refractivity contribution in [2.45, 2.75) is 13.0 Å². The predicted octanol–water partition coefficient (Wildman–Crippen LogP) is 4.02. The lowest BCUT2D eigenvalue weighted by atomic mass is 9.93. The van der Waals surface area contributed by atoms with Crippen molar-refractivity contribution in [1.29, 1.82) is 0 Å². The van der Waals surface area contributed by atoms with Gasteiger partial charge in [0, 0.05) is 35.8 Å². The predicted molar refractivity (Wildman–Crippen MR) is 154 cm³/mol. The van der Waals surface area contributed by atoms with Crippen molar-refractivity contribution in [1.82, 2.24) is 4.57 Å². The maximum Gasteiger partial charge on any atom is 0.338 e. The summed E-state index contributed by atoms with van der Waals surface area (Å²) in [7, 11) is 0. The molecule has 8 nitrogen and oxygen atoms in total. The summed E-state index contributed by atoms with van der Waals surface area (Å²) < 4.78 is 19.0. The van der Waals surface area contributed by atoms with E-state index in [9.17, 15) is 9.59 Å². The number of nitrogens with zero attached hydrogens (tertiary/aromatic N) is 3. The second-order valence-corrected chi connectivity index (χ2v) is 10.7. The van der Waals surface area contributed by atoms with Crippen LogP contribution in [-0.2, 0) is 14.3 Å². The number of ether oxygens (including phenoxy) is 2. The minimum atomic E-state index is -0.759. The Kier molecular flexibility index (Phi) is 7.42. The van der Waals surface area contributed by atoms with E-state index in [0.717, 1.165) is 30.1 Å². The molecule has 4 heterocycles. The molecule has 6 rings (SSSR count). The van der Waals surface area contributed by atoms with Crippen molar-refractivity contribution in [3.05, 3.63) is 114 Å². The first-order chi connectivity index (χ1) is 19.5. The number of halogens is 1. The number of carbonyl (C=O) groups excluding carboxylic acids is 1. The Balaban J connectivity index is 1.54. The SMILES string of the molecule is CCOC(=O)C1=C(c2ccccc2)N=c2s/c(=C/c3ccc(N4CCOCC4)o3)c(=O)n2[C@H]1c1ccc(Cl)cc1. The van der Waals surface area contributed by atoms with Gasteiger partial charge in [-0.05, 0) is 30.7 Å². The second kappa shape index (κ2) is 11.3. The van der Waals surface area contributed by atoms with E-state index >= 15 is 0 Å². The first-order valence-corrected chi connectivity index (χ1v) is 14.2. The molecule has 4 aromatic rings. The van der Waals surface area contributed by atoms with Crippen LogP contribution in [0.5, 0.6) is 0 Å². The van der Waals surface area contributed by atoms with Gasteiger partial charge >= 0.3 is 5.97 Å². The van der Waals surface area contributed by atoms with Crippen LogP contribution in [0.4, 0.5) is 5.88 Å². The molecule has 10 heteroatoms. The van der Waals surface area contributed by atoms with Crippen LogP contribution in [0.1, 0.15) is 29.9 Å². The van der Waals surface area contributed by atoms with Crippen molar-refractivity contribution < 1.29 is 18.7 Å². The molecule has 1 saturated heterocycles. The lowest BCUT2D eigenvalue weighted by Crippen LogP contribution is -2.40. The van der Waals surface area contributed by atoms with E-state index in [1.54, 1.807) is 29.7 Å². The maximum atomic E-state index is 14.0. The van der Waals surface area contributed by atoms with Gasteiger partial charge in [0.1, 0.15) is 5.76 Å². The van der Waals surface area contributed by atoms with Gasteiger partial charge in [-0.1, -0.05) is 65.4 Å². The number of anilines is 1. The molecule has 0 bridgehead atoms. The summed E-state index contributed by atoms with van der Waals surface area (Å²) in [4.78, 5) is 34.9. The molecule has 0 unspecified atom stereocenters. The quantitative estimate of drug-likeness (QED) is 0.323. The van der Waals surface area contributed by atoms with E-state index < -0.39 is 12.0 Å². The minimum absolute atomic E-state index is 0.187. The zero-order chi connectivity index (χ0) is 27.6. The Morgan fingerprint density at radius 2 is 1.85 bits per heavy atom. The van der Waals surface area contributed by atoms with Crippen LogP contribution < -0.4 is 19.8 Å². The smallest absolute Gasteiger partial charge is 0.338 e. The zero-order valence-corrected chi connectivity index (χ0v) is 23.3. The zero-order valence-electron chi connectivity index (χ0n) is 21.7. The van der Waals surface area contributed by atoms with Crippen LogP contribution in [0.2, 0.25) is 5.02 Å². The Labute approximate surface area is 239 Å². The second-order valence-electron chi connectivity index (χ2n) is 9.26. The minimum Gasteiger partial charge on any atom is -0.463 e. The monoisotopic (exact) mass is 575 g/mol. The Morgan fingerprint density at radius 1 is 1.10 bits per heavy atom. The van der Waals surface area contributed by atoms with Gasteiger partial charge in [-0.3, -0.25) is 9.36 Å². The third-order valence-corrected chi connectivity index (χ3v) is 8.00. The molecule has 1 atom stereocenters. The first-order valence-electron chi connectivity index (χ1n) is 13.0. The molecule has 2 aromatic heterocycles. The summed E-state index contributed by atoms with van der Waals surface area (Å²) in [5, 5.41) is 0.551. The molecular formula is C30H26ClN3O5S. The molecule has 1 fully saturated rings. The molecule has 204 valence electrons. The van der Waals surface area contributed by atoms with E-state index in [4.69, 9.17) is 30.5 Å². The number of hydrogen-bond donors (Lipinski definition) is 0. The highest BCUT2D eigenvalue weighted by Gasteiger charge is 2.35. The number of morpholine rings is 1. The lowest BCUT2D eigenvalue weighted by Gasteiger charge is -2.26. The summed E-state index contributed by atoms with van der Waals surface area (Å²) in [5.74, 6) is 0.764. The van der Waals surface area contributed by atoms with Gasteiger partial charge in [0.25, 0.3) is 5.56 Å². The van der Waals surface area contributed by atoms with Crippen LogP contribution in [0.25, 0.3) is 11.8 Å². The van der Waals surface area contributed by atoms with Gasteiger partial charge in [0.05, 0.1) is 41.7 Å². The fraction of sp³-hybridized carbons (Fsp3) is 0.233. The van der Waals surface area contributed by atoms with Gasteiger partial charge in [0.2, 0.25) is 0 Å².